The third-order valence-corrected chi connectivity index (χ3v) is 1.99. The third kappa shape index (κ3) is 1.51. The fourth-order valence-corrected chi connectivity index (χ4v) is 1.37. The Bertz CT molecular complexity index is 303. The summed E-state index contributed by atoms with van der Waals surface area (Å²) in [6.07, 6.45) is 5.03. The summed E-state index contributed by atoms with van der Waals surface area (Å²) in [5, 5.41) is 3.15. The van der Waals surface area contributed by atoms with Gasteiger partial charge in [0.15, 0.2) is 0 Å². The first-order valence-corrected chi connectivity index (χ1v) is 4.14. The van der Waals surface area contributed by atoms with Crippen molar-refractivity contribution in [2.75, 3.05) is 7.05 Å². The van der Waals surface area contributed by atoms with E-state index < -0.39 is 0 Å². The zero-order valence-electron chi connectivity index (χ0n) is 7.36. The van der Waals surface area contributed by atoms with Gasteiger partial charge in [-0.25, -0.2) is 0 Å². The van der Waals surface area contributed by atoms with Gasteiger partial charge in [0.05, 0.1) is 24.8 Å². The highest BCUT2D eigenvalue weighted by atomic mass is 16.3. The summed E-state index contributed by atoms with van der Waals surface area (Å²) in [4.78, 5) is 0. The first-order valence-electron chi connectivity index (χ1n) is 4.14. The number of furan rings is 2. The van der Waals surface area contributed by atoms with E-state index in [1.807, 2.05) is 25.2 Å². The molecule has 1 N–H and O–H groups in total. The Hall–Kier alpha value is -1.48. The molecule has 0 radical (unpaired) electrons. The molecule has 3 nitrogen and oxygen atoms in total. The van der Waals surface area contributed by atoms with Crippen LogP contribution in [0.3, 0.4) is 0 Å². The van der Waals surface area contributed by atoms with Crippen LogP contribution in [0.2, 0.25) is 0 Å². The summed E-state index contributed by atoms with van der Waals surface area (Å²) < 4.78 is 10.3. The number of hydrogen-bond donors (Lipinski definition) is 1. The van der Waals surface area contributed by atoms with Crippen molar-refractivity contribution in [1.29, 1.82) is 0 Å². The molecule has 0 saturated heterocycles. The maximum absolute atomic E-state index is 5.31. The normalized spacial score (nSPS) is 13.0. The van der Waals surface area contributed by atoms with E-state index in [0.717, 1.165) is 11.3 Å². The van der Waals surface area contributed by atoms with Crippen molar-refractivity contribution in [1.82, 2.24) is 5.32 Å². The summed E-state index contributed by atoms with van der Waals surface area (Å²) in [5.74, 6) is 0.893. The van der Waals surface area contributed by atoms with Gasteiger partial charge in [0.2, 0.25) is 0 Å². The lowest BCUT2D eigenvalue weighted by molar-refractivity contribution is 0.460. The second kappa shape index (κ2) is 3.49. The highest BCUT2D eigenvalue weighted by Gasteiger charge is 2.14. The minimum atomic E-state index is 0.0775. The average Bonchev–Trinajstić information content (AvgIpc) is 2.76. The van der Waals surface area contributed by atoms with Crippen LogP contribution < -0.4 is 5.32 Å². The smallest absolute Gasteiger partial charge is 0.125 e. The predicted molar refractivity (Wildman–Crippen MR) is 48.3 cm³/mol. The molecule has 0 saturated carbocycles. The Morgan fingerprint density at radius 3 is 2.77 bits per heavy atom. The van der Waals surface area contributed by atoms with Crippen molar-refractivity contribution in [3.8, 4) is 0 Å². The van der Waals surface area contributed by atoms with Crippen LogP contribution in [0.5, 0.6) is 0 Å². The van der Waals surface area contributed by atoms with Crippen LogP contribution in [0, 0.1) is 0 Å². The molecule has 1 atom stereocenters. The van der Waals surface area contributed by atoms with Gasteiger partial charge in [-0.15, -0.1) is 0 Å². The molecule has 0 amide bonds. The summed E-state index contributed by atoms with van der Waals surface area (Å²) in [6.45, 7) is 0. The molecule has 1 unspecified atom stereocenters. The lowest BCUT2D eigenvalue weighted by Gasteiger charge is -2.10. The van der Waals surface area contributed by atoms with Gasteiger partial charge in [0.1, 0.15) is 5.76 Å². The molecule has 0 aliphatic rings. The van der Waals surface area contributed by atoms with Gasteiger partial charge in [0.25, 0.3) is 0 Å². The molecule has 2 aromatic heterocycles. The van der Waals surface area contributed by atoms with Gasteiger partial charge in [0, 0.05) is 5.56 Å². The highest BCUT2D eigenvalue weighted by molar-refractivity contribution is 5.22. The van der Waals surface area contributed by atoms with Gasteiger partial charge in [-0.05, 0) is 25.2 Å². The molecule has 0 bridgehead atoms. The highest BCUT2D eigenvalue weighted by Crippen LogP contribution is 2.21. The standard InChI is InChI=1S/C10H11NO2/c1-11-10(8-4-6-12-7-8)9-3-2-5-13-9/h2-7,10-11H,1H3. The Kier molecular flexibility index (Phi) is 2.19. The van der Waals surface area contributed by atoms with Crippen LogP contribution in [-0.2, 0) is 0 Å². The number of nitrogens with one attached hydrogen (secondary N) is 1. The quantitative estimate of drug-likeness (QED) is 0.780. The fraction of sp³-hybridized carbons (Fsp3) is 0.200. The molecule has 13 heavy (non-hydrogen) atoms. The van der Waals surface area contributed by atoms with E-state index in [1.165, 1.54) is 0 Å². The Balaban J connectivity index is 2.29. The minimum absolute atomic E-state index is 0.0775. The Morgan fingerprint density at radius 1 is 1.31 bits per heavy atom. The zero-order valence-corrected chi connectivity index (χ0v) is 7.36. The minimum Gasteiger partial charge on any atom is -0.472 e. The molecule has 0 aromatic carbocycles. The van der Waals surface area contributed by atoms with Crippen LogP contribution >= 0.6 is 0 Å². The van der Waals surface area contributed by atoms with Crippen molar-refractivity contribution in [2.24, 2.45) is 0 Å². The second-order valence-electron chi connectivity index (χ2n) is 2.79. The number of rotatable bonds is 3. The van der Waals surface area contributed by atoms with E-state index in [0.29, 0.717) is 0 Å². The van der Waals surface area contributed by atoms with E-state index in [1.54, 1.807) is 18.8 Å². The molecule has 0 aliphatic heterocycles. The van der Waals surface area contributed by atoms with E-state index in [9.17, 15) is 0 Å². The van der Waals surface area contributed by atoms with Gasteiger partial charge < -0.3 is 14.2 Å². The SMILES string of the molecule is CNC(c1ccoc1)c1ccco1. The molecular formula is C10H11NO2. The molecule has 0 fully saturated rings. The van der Waals surface area contributed by atoms with Crippen LogP contribution in [-0.4, -0.2) is 7.05 Å². The van der Waals surface area contributed by atoms with Crippen molar-refractivity contribution < 1.29 is 8.83 Å². The molecule has 0 aliphatic carbocycles. The molecular weight excluding hydrogens is 166 g/mol. The fourth-order valence-electron chi connectivity index (χ4n) is 1.37. The van der Waals surface area contributed by atoms with Crippen molar-refractivity contribution >= 4 is 0 Å². The van der Waals surface area contributed by atoms with Crippen molar-refractivity contribution in [3.05, 3.63) is 48.3 Å². The zero-order chi connectivity index (χ0) is 9.10. The Labute approximate surface area is 76.4 Å². The second-order valence-corrected chi connectivity index (χ2v) is 2.79. The Morgan fingerprint density at radius 2 is 2.23 bits per heavy atom. The van der Waals surface area contributed by atoms with E-state index in [4.69, 9.17) is 8.83 Å². The van der Waals surface area contributed by atoms with Gasteiger partial charge in [-0.3, -0.25) is 0 Å². The average molecular weight is 177 g/mol. The lowest BCUT2D eigenvalue weighted by atomic mass is 10.1. The molecule has 3 heteroatoms. The van der Waals surface area contributed by atoms with E-state index in [-0.39, 0.29) is 6.04 Å². The molecule has 2 aromatic rings. The molecule has 0 spiro atoms. The van der Waals surface area contributed by atoms with Gasteiger partial charge in [-0.2, -0.15) is 0 Å². The van der Waals surface area contributed by atoms with Gasteiger partial charge in [-0.1, -0.05) is 0 Å². The first kappa shape index (κ1) is 8.13. The maximum Gasteiger partial charge on any atom is 0.125 e. The van der Waals surface area contributed by atoms with Crippen molar-refractivity contribution in [3.63, 3.8) is 0 Å². The summed E-state index contributed by atoms with van der Waals surface area (Å²) in [7, 11) is 1.89. The molecule has 2 rings (SSSR count). The summed E-state index contributed by atoms with van der Waals surface area (Å²) in [5.41, 5.74) is 1.07. The molecule has 2 heterocycles. The molecule has 68 valence electrons. The summed E-state index contributed by atoms with van der Waals surface area (Å²) >= 11 is 0. The maximum atomic E-state index is 5.31. The third-order valence-electron chi connectivity index (χ3n) is 1.99. The lowest BCUT2D eigenvalue weighted by Crippen LogP contribution is -2.16. The van der Waals surface area contributed by atoms with Crippen LogP contribution in [0.4, 0.5) is 0 Å². The monoisotopic (exact) mass is 177 g/mol. The van der Waals surface area contributed by atoms with Crippen molar-refractivity contribution in [2.45, 2.75) is 6.04 Å². The van der Waals surface area contributed by atoms with E-state index >= 15 is 0 Å². The van der Waals surface area contributed by atoms with Crippen LogP contribution in [0.1, 0.15) is 17.4 Å². The van der Waals surface area contributed by atoms with Crippen LogP contribution in [0.15, 0.2) is 45.8 Å². The van der Waals surface area contributed by atoms with Crippen LogP contribution in [0.25, 0.3) is 0 Å². The largest absolute Gasteiger partial charge is 0.472 e. The predicted octanol–water partition coefficient (Wildman–Crippen LogP) is 2.18. The topological polar surface area (TPSA) is 38.3 Å². The first-order chi connectivity index (χ1) is 6.42. The van der Waals surface area contributed by atoms with Gasteiger partial charge >= 0.3 is 0 Å². The number of hydrogen-bond acceptors (Lipinski definition) is 3. The summed E-state index contributed by atoms with van der Waals surface area (Å²) in [6, 6.07) is 5.81. The van der Waals surface area contributed by atoms with E-state index in [2.05, 4.69) is 5.32 Å².